The number of hydrogen-bond donors (Lipinski definition) is 2. The zero-order chi connectivity index (χ0) is 19.9. The third-order valence-corrected chi connectivity index (χ3v) is 5.53. The number of amides is 3. The fourth-order valence-corrected chi connectivity index (χ4v) is 4.58. The Kier molecular flexibility index (Phi) is 4.93. The van der Waals surface area contributed by atoms with Crippen molar-refractivity contribution in [1.82, 2.24) is 15.1 Å². The van der Waals surface area contributed by atoms with Gasteiger partial charge in [-0.1, -0.05) is 0 Å². The van der Waals surface area contributed by atoms with Gasteiger partial charge in [0.25, 0.3) is 0 Å². The summed E-state index contributed by atoms with van der Waals surface area (Å²) in [6, 6.07) is 0.0255. The number of carbonyl (C=O) groups excluding carboxylic acids is 2. The zero-order valence-corrected chi connectivity index (χ0v) is 15.8. The Labute approximate surface area is 158 Å². The van der Waals surface area contributed by atoms with E-state index < -0.39 is 35.9 Å². The van der Waals surface area contributed by atoms with Gasteiger partial charge < -0.3 is 20.1 Å². The van der Waals surface area contributed by atoms with Crippen LogP contribution in [0.15, 0.2) is 0 Å². The number of hydrogen-bond acceptors (Lipinski definition) is 5. The van der Waals surface area contributed by atoms with Crippen LogP contribution in [-0.2, 0) is 9.53 Å². The third-order valence-electron chi connectivity index (χ3n) is 5.53. The van der Waals surface area contributed by atoms with E-state index in [4.69, 9.17) is 4.74 Å². The van der Waals surface area contributed by atoms with Gasteiger partial charge in [0, 0.05) is 6.54 Å². The predicted molar refractivity (Wildman–Crippen MR) is 93.7 cm³/mol. The molecule has 1 aliphatic carbocycles. The lowest BCUT2D eigenvalue weighted by atomic mass is 9.95. The van der Waals surface area contributed by atoms with Crippen LogP contribution < -0.4 is 5.32 Å². The van der Waals surface area contributed by atoms with Crippen molar-refractivity contribution in [3.05, 3.63) is 0 Å². The molecule has 3 fully saturated rings. The topological polar surface area (TPSA) is 123 Å². The zero-order valence-electron chi connectivity index (χ0n) is 15.8. The molecule has 0 aromatic carbocycles. The smallest absolute Gasteiger partial charge is 0.408 e. The molecule has 148 valence electrons. The lowest BCUT2D eigenvalue weighted by Crippen LogP contribution is -2.60. The molecule has 1 saturated carbocycles. The molecule has 2 bridgehead atoms. The second kappa shape index (κ2) is 6.91. The largest absolute Gasteiger partial charge is 0.465 e. The van der Waals surface area contributed by atoms with Gasteiger partial charge in [0.1, 0.15) is 17.7 Å². The molecule has 0 unspecified atom stereocenters. The highest BCUT2D eigenvalue weighted by Crippen LogP contribution is 2.44. The fourth-order valence-electron chi connectivity index (χ4n) is 4.58. The lowest BCUT2D eigenvalue weighted by molar-refractivity contribution is -0.138. The average Bonchev–Trinajstić information content (AvgIpc) is 3.25. The summed E-state index contributed by atoms with van der Waals surface area (Å²) >= 11 is 0. The number of ether oxygens (including phenoxy) is 1. The van der Waals surface area contributed by atoms with E-state index in [0.29, 0.717) is 25.8 Å². The number of nitriles is 1. The van der Waals surface area contributed by atoms with Crippen molar-refractivity contribution in [2.75, 3.05) is 6.54 Å². The summed E-state index contributed by atoms with van der Waals surface area (Å²) in [6.45, 7) is 5.76. The molecule has 0 aromatic heterocycles. The minimum Gasteiger partial charge on any atom is -0.465 e. The minimum absolute atomic E-state index is 0.168. The SMILES string of the molecule is CC(C)(C)OC(=O)N[C@@H]1C[C@@H]2C[C@H]1N(C(=O)O)[C@H]2C(=O)N1CCC[C@H]1C#N. The molecule has 0 spiro atoms. The van der Waals surface area contributed by atoms with Crippen LogP contribution in [0.4, 0.5) is 9.59 Å². The van der Waals surface area contributed by atoms with Gasteiger partial charge in [0.15, 0.2) is 0 Å². The molecule has 9 heteroatoms. The van der Waals surface area contributed by atoms with Crippen molar-refractivity contribution in [3.8, 4) is 6.07 Å². The molecule has 2 aliphatic heterocycles. The number of likely N-dealkylation sites (tertiary alicyclic amines) is 2. The van der Waals surface area contributed by atoms with E-state index in [0.717, 1.165) is 6.42 Å². The highest BCUT2D eigenvalue weighted by molar-refractivity contribution is 5.87. The number of carboxylic acid groups (broad SMARTS) is 1. The maximum atomic E-state index is 13.0. The number of nitrogens with one attached hydrogen (secondary N) is 1. The van der Waals surface area contributed by atoms with Gasteiger partial charge >= 0.3 is 12.2 Å². The maximum Gasteiger partial charge on any atom is 0.408 e. The molecule has 2 heterocycles. The van der Waals surface area contributed by atoms with Gasteiger partial charge in [-0.25, -0.2) is 9.59 Å². The second-order valence-corrected chi connectivity index (χ2v) is 8.50. The molecule has 0 radical (unpaired) electrons. The number of alkyl carbamates (subject to hydrolysis) is 1. The predicted octanol–water partition coefficient (Wildman–Crippen LogP) is 1.54. The van der Waals surface area contributed by atoms with Crippen LogP contribution in [0.25, 0.3) is 0 Å². The van der Waals surface area contributed by atoms with Crippen molar-refractivity contribution >= 4 is 18.1 Å². The van der Waals surface area contributed by atoms with E-state index in [1.54, 1.807) is 20.8 Å². The Hall–Kier alpha value is -2.50. The summed E-state index contributed by atoms with van der Waals surface area (Å²) in [5, 5.41) is 21.7. The standard InChI is InChI=1S/C18H26N4O5/c1-18(2,3)27-16(24)20-12-7-10-8-13(12)22(17(25)26)14(10)15(23)21-6-4-5-11(21)9-19/h10-14H,4-8H2,1-3H3,(H,20,24)(H,25,26)/t10-,11+,12-,13-,14-/m1/s1. The first-order valence-electron chi connectivity index (χ1n) is 9.33. The number of fused-ring (bicyclic) bond motifs is 2. The molecule has 5 atom stereocenters. The van der Waals surface area contributed by atoms with E-state index in [9.17, 15) is 24.8 Å². The van der Waals surface area contributed by atoms with Gasteiger partial charge in [-0.2, -0.15) is 5.26 Å². The normalized spacial score (nSPS) is 32.3. The van der Waals surface area contributed by atoms with Crippen LogP contribution >= 0.6 is 0 Å². The first-order chi connectivity index (χ1) is 12.6. The Morgan fingerprint density at radius 1 is 1.26 bits per heavy atom. The number of nitrogens with zero attached hydrogens (tertiary/aromatic N) is 3. The summed E-state index contributed by atoms with van der Waals surface area (Å²) in [6.07, 6.45) is 0.657. The van der Waals surface area contributed by atoms with Gasteiger partial charge in [-0.05, 0) is 52.4 Å². The Balaban J connectivity index is 1.72. The van der Waals surface area contributed by atoms with E-state index in [1.165, 1.54) is 9.80 Å². The van der Waals surface area contributed by atoms with Gasteiger partial charge in [-0.3, -0.25) is 9.69 Å². The number of carbonyl (C=O) groups is 3. The average molecular weight is 378 g/mol. The van der Waals surface area contributed by atoms with Gasteiger partial charge in [-0.15, -0.1) is 0 Å². The molecule has 27 heavy (non-hydrogen) atoms. The van der Waals surface area contributed by atoms with Gasteiger partial charge in [0.05, 0.1) is 18.2 Å². The van der Waals surface area contributed by atoms with Crippen LogP contribution in [0.2, 0.25) is 0 Å². The lowest BCUT2D eigenvalue weighted by Gasteiger charge is -2.39. The number of piperidine rings is 1. The monoisotopic (exact) mass is 378 g/mol. The van der Waals surface area contributed by atoms with Crippen molar-refractivity contribution in [1.29, 1.82) is 5.26 Å². The van der Waals surface area contributed by atoms with Crippen LogP contribution in [0.3, 0.4) is 0 Å². The van der Waals surface area contributed by atoms with E-state index in [1.807, 2.05) is 0 Å². The van der Waals surface area contributed by atoms with Crippen LogP contribution in [0.5, 0.6) is 0 Å². The van der Waals surface area contributed by atoms with Crippen molar-refractivity contribution in [2.45, 2.75) is 76.2 Å². The fraction of sp³-hybridized carbons (Fsp3) is 0.778. The van der Waals surface area contributed by atoms with Crippen LogP contribution in [0.1, 0.15) is 46.5 Å². The molecular formula is C18H26N4O5. The Morgan fingerprint density at radius 2 is 1.96 bits per heavy atom. The van der Waals surface area contributed by atoms with E-state index in [2.05, 4.69) is 11.4 Å². The maximum absolute atomic E-state index is 13.0. The van der Waals surface area contributed by atoms with Gasteiger partial charge in [0.2, 0.25) is 5.91 Å². The highest BCUT2D eigenvalue weighted by atomic mass is 16.6. The summed E-state index contributed by atoms with van der Waals surface area (Å²) in [7, 11) is 0. The van der Waals surface area contributed by atoms with E-state index >= 15 is 0 Å². The second-order valence-electron chi connectivity index (χ2n) is 8.50. The molecule has 2 N–H and O–H groups in total. The van der Waals surface area contributed by atoms with Crippen molar-refractivity contribution in [2.24, 2.45) is 5.92 Å². The molecule has 3 amide bonds. The summed E-state index contributed by atoms with van der Waals surface area (Å²) in [5.41, 5.74) is -0.644. The van der Waals surface area contributed by atoms with Crippen molar-refractivity contribution in [3.63, 3.8) is 0 Å². The number of rotatable bonds is 2. The first kappa shape index (κ1) is 19.3. The van der Waals surface area contributed by atoms with E-state index in [-0.39, 0.29) is 17.9 Å². The minimum atomic E-state index is -1.18. The van der Waals surface area contributed by atoms with Crippen LogP contribution in [-0.4, -0.2) is 69.3 Å². The Bertz CT molecular complexity index is 682. The van der Waals surface area contributed by atoms with Crippen molar-refractivity contribution < 1.29 is 24.2 Å². The molecule has 3 aliphatic rings. The third kappa shape index (κ3) is 3.66. The molecule has 9 nitrogen and oxygen atoms in total. The first-order valence-corrected chi connectivity index (χ1v) is 9.33. The summed E-state index contributed by atoms with van der Waals surface area (Å²) < 4.78 is 5.26. The Morgan fingerprint density at radius 3 is 2.56 bits per heavy atom. The molecule has 2 saturated heterocycles. The molecule has 0 aromatic rings. The summed E-state index contributed by atoms with van der Waals surface area (Å²) in [4.78, 5) is 39.6. The summed E-state index contributed by atoms with van der Waals surface area (Å²) in [5.74, 6) is -0.455. The van der Waals surface area contributed by atoms with Crippen LogP contribution in [0, 0.1) is 17.2 Å². The quantitative estimate of drug-likeness (QED) is 0.751. The molecule has 3 rings (SSSR count). The highest BCUT2D eigenvalue weighted by Gasteiger charge is 2.57. The molecular weight excluding hydrogens is 352 g/mol.